The number of benzene rings is 1. The van der Waals surface area contributed by atoms with E-state index < -0.39 is 0 Å². The van der Waals surface area contributed by atoms with Crippen molar-refractivity contribution < 1.29 is 14.6 Å². The fraction of sp³-hybridized carbons (Fsp3) is 0.562. The van der Waals surface area contributed by atoms with Crippen LogP contribution in [0.3, 0.4) is 0 Å². The minimum atomic E-state index is -0.275. The zero-order chi connectivity index (χ0) is 16.2. The van der Waals surface area contributed by atoms with Crippen molar-refractivity contribution in [3.05, 3.63) is 22.7 Å². The normalized spacial score (nSPS) is 20.7. The molecule has 2 aliphatic rings. The zero-order valence-corrected chi connectivity index (χ0v) is 14.0. The largest absolute Gasteiger partial charge is 0.486 e. The lowest BCUT2D eigenvalue weighted by Crippen LogP contribution is -2.40. The van der Waals surface area contributed by atoms with E-state index >= 15 is 0 Å². The van der Waals surface area contributed by atoms with E-state index in [1.165, 1.54) is 0 Å². The van der Waals surface area contributed by atoms with Crippen molar-refractivity contribution in [2.75, 3.05) is 32.8 Å². The quantitative estimate of drug-likeness (QED) is 0.647. The third-order valence-corrected chi connectivity index (χ3v) is 4.15. The fourth-order valence-corrected chi connectivity index (χ4v) is 3.07. The van der Waals surface area contributed by atoms with Crippen LogP contribution in [0.25, 0.3) is 0 Å². The average Bonchev–Trinajstić information content (AvgIpc) is 2.98. The number of likely N-dealkylation sites (tertiary alicyclic amines) is 1. The predicted molar refractivity (Wildman–Crippen MR) is 89.5 cm³/mol. The molecule has 2 heterocycles. The number of halogens is 1. The average molecular weight is 340 g/mol. The second-order valence-corrected chi connectivity index (χ2v) is 6.07. The van der Waals surface area contributed by atoms with Crippen LogP contribution in [0.2, 0.25) is 5.02 Å². The van der Waals surface area contributed by atoms with E-state index in [0.29, 0.717) is 42.8 Å². The third-order valence-electron chi connectivity index (χ3n) is 3.87. The van der Waals surface area contributed by atoms with Gasteiger partial charge < -0.3 is 24.8 Å². The van der Waals surface area contributed by atoms with Crippen LogP contribution in [-0.2, 0) is 6.54 Å². The molecule has 1 atom stereocenters. The second kappa shape index (κ2) is 7.27. The summed E-state index contributed by atoms with van der Waals surface area (Å²) in [4.78, 5) is 6.73. The fourth-order valence-electron chi connectivity index (χ4n) is 2.78. The highest BCUT2D eigenvalue weighted by Gasteiger charge is 2.23. The maximum atomic E-state index is 9.70. The first-order valence-corrected chi connectivity index (χ1v) is 8.34. The number of ether oxygens (including phenoxy) is 2. The van der Waals surface area contributed by atoms with Crippen molar-refractivity contribution in [3.8, 4) is 11.5 Å². The van der Waals surface area contributed by atoms with Crippen LogP contribution in [0, 0.1) is 0 Å². The van der Waals surface area contributed by atoms with E-state index in [9.17, 15) is 5.11 Å². The Labute approximate surface area is 141 Å². The van der Waals surface area contributed by atoms with E-state index in [4.69, 9.17) is 21.1 Å². The molecule has 3 rings (SSSR count). The molecule has 1 aromatic rings. The molecule has 0 saturated carbocycles. The van der Waals surface area contributed by atoms with Gasteiger partial charge in [-0.2, -0.15) is 0 Å². The molecule has 0 aromatic heterocycles. The van der Waals surface area contributed by atoms with Crippen molar-refractivity contribution >= 4 is 17.6 Å². The maximum Gasteiger partial charge on any atom is 0.194 e. The van der Waals surface area contributed by atoms with Gasteiger partial charge in [0.05, 0.1) is 17.7 Å². The summed E-state index contributed by atoms with van der Waals surface area (Å²) in [6, 6.07) is 3.78. The van der Waals surface area contributed by atoms with Crippen LogP contribution in [0.15, 0.2) is 17.1 Å². The molecule has 1 fully saturated rings. The molecule has 0 spiro atoms. The maximum absolute atomic E-state index is 9.70. The molecule has 2 N–H and O–H groups in total. The third kappa shape index (κ3) is 3.82. The van der Waals surface area contributed by atoms with Crippen LogP contribution in [0.4, 0.5) is 0 Å². The number of β-amino-alcohol motifs (C(OH)–C–C–N with tert-alkyl or cyclic N) is 1. The molecule has 0 unspecified atom stereocenters. The van der Waals surface area contributed by atoms with Gasteiger partial charge in [-0.1, -0.05) is 11.6 Å². The number of hydrogen-bond acceptors (Lipinski definition) is 4. The molecular weight excluding hydrogens is 318 g/mol. The number of aliphatic hydroxyl groups is 1. The van der Waals surface area contributed by atoms with Crippen molar-refractivity contribution in [3.63, 3.8) is 0 Å². The molecule has 0 bridgehead atoms. The van der Waals surface area contributed by atoms with E-state index in [2.05, 4.69) is 15.2 Å². The molecule has 2 aliphatic heterocycles. The van der Waals surface area contributed by atoms with E-state index in [1.807, 2.05) is 19.1 Å². The van der Waals surface area contributed by atoms with Gasteiger partial charge in [-0.15, -0.1) is 0 Å². The second-order valence-electron chi connectivity index (χ2n) is 5.66. The van der Waals surface area contributed by atoms with Crippen molar-refractivity contribution in [1.29, 1.82) is 0 Å². The number of rotatable bonds is 3. The number of aliphatic hydroxyl groups excluding tert-OH is 1. The summed E-state index contributed by atoms with van der Waals surface area (Å²) in [7, 11) is 0. The minimum Gasteiger partial charge on any atom is -0.486 e. The van der Waals surface area contributed by atoms with Gasteiger partial charge in [-0.25, -0.2) is 4.99 Å². The molecule has 23 heavy (non-hydrogen) atoms. The SMILES string of the molecule is CCNC(=NCc1cc(Cl)c2c(c1)OCCO2)N1CC[C@@H](O)C1. The first-order valence-electron chi connectivity index (χ1n) is 7.96. The van der Waals surface area contributed by atoms with Crippen LogP contribution < -0.4 is 14.8 Å². The van der Waals surface area contributed by atoms with E-state index in [1.54, 1.807) is 0 Å². The Morgan fingerprint density at radius 3 is 3.00 bits per heavy atom. The summed E-state index contributed by atoms with van der Waals surface area (Å²) in [5, 5.41) is 13.5. The number of fused-ring (bicyclic) bond motifs is 1. The van der Waals surface area contributed by atoms with E-state index in [-0.39, 0.29) is 6.10 Å². The topological polar surface area (TPSA) is 66.3 Å². The summed E-state index contributed by atoms with van der Waals surface area (Å²) in [6.07, 6.45) is 0.503. The Hall–Kier alpha value is -1.66. The van der Waals surface area contributed by atoms with Gasteiger partial charge >= 0.3 is 0 Å². The summed E-state index contributed by atoms with van der Waals surface area (Å²) < 4.78 is 11.1. The molecule has 6 nitrogen and oxygen atoms in total. The lowest BCUT2D eigenvalue weighted by molar-refractivity contribution is 0.171. The van der Waals surface area contributed by atoms with Crippen molar-refractivity contribution in [2.24, 2.45) is 4.99 Å². The summed E-state index contributed by atoms with van der Waals surface area (Å²) in [5.74, 6) is 2.10. The number of nitrogens with zero attached hydrogens (tertiary/aromatic N) is 2. The monoisotopic (exact) mass is 339 g/mol. The highest BCUT2D eigenvalue weighted by atomic mass is 35.5. The van der Waals surface area contributed by atoms with Crippen LogP contribution >= 0.6 is 11.6 Å². The molecule has 0 aliphatic carbocycles. The summed E-state index contributed by atoms with van der Waals surface area (Å²) >= 11 is 6.26. The Morgan fingerprint density at radius 1 is 1.43 bits per heavy atom. The number of hydrogen-bond donors (Lipinski definition) is 2. The first-order chi connectivity index (χ1) is 11.2. The summed E-state index contributed by atoms with van der Waals surface area (Å²) in [5.41, 5.74) is 0.967. The van der Waals surface area contributed by atoms with Gasteiger partial charge in [0.1, 0.15) is 13.2 Å². The van der Waals surface area contributed by atoms with Crippen LogP contribution in [-0.4, -0.2) is 54.9 Å². The highest BCUT2D eigenvalue weighted by Crippen LogP contribution is 2.38. The van der Waals surface area contributed by atoms with Crippen LogP contribution in [0.1, 0.15) is 18.9 Å². The van der Waals surface area contributed by atoms with Gasteiger partial charge in [0.25, 0.3) is 0 Å². The summed E-state index contributed by atoms with van der Waals surface area (Å²) in [6.45, 7) is 5.79. The smallest absolute Gasteiger partial charge is 0.194 e. The lowest BCUT2D eigenvalue weighted by atomic mass is 10.2. The predicted octanol–water partition coefficient (Wildman–Crippen LogP) is 1.64. The zero-order valence-electron chi connectivity index (χ0n) is 13.2. The highest BCUT2D eigenvalue weighted by molar-refractivity contribution is 6.32. The molecule has 1 saturated heterocycles. The van der Waals surface area contributed by atoms with E-state index in [0.717, 1.165) is 31.0 Å². The van der Waals surface area contributed by atoms with Gasteiger partial charge in [0, 0.05) is 19.6 Å². The Bertz CT molecular complexity index is 594. The molecule has 7 heteroatoms. The van der Waals surface area contributed by atoms with Gasteiger partial charge in [0.2, 0.25) is 0 Å². The van der Waals surface area contributed by atoms with Gasteiger partial charge in [0.15, 0.2) is 17.5 Å². The number of aliphatic imine (C=N–C) groups is 1. The Balaban J connectivity index is 1.75. The Kier molecular flexibility index (Phi) is 5.13. The standard InChI is InChI=1S/C16H22ClN3O3/c1-2-18-16(20-4-3-12(21)10-20)19-9-11-7-13(17)15-14(8-11)22-5-6-23-15/h7-8,12,21H,2-6,9-10H2,1H3,(H,18,19)/t12-/m1/s1. The van der Waals surface area contributed by atoms with Crippen molar-refractivity contribution in [1.82, 2.24) is 10.2 Å². The first kappa shape index (κ1) is 16.2. The molecule has 0 radical (unpaired) electrons. The Morgan fingerprint density at radius 2 is 2.26 bits per heavy atom. The van der Waals surface area contributed by atoms with Crippen LogP contribution in [0.5, 0.6) is 11.5 Å². The molecule has 0 amide bonds. The number of nitrogens with one attached hydrogen (secondary N) is 1. The lowest BCUT2D eigenvalue weighted by Gasteiger charge is -2.22. The molecular formula is C16H22ClN3O3. The van der Waals surface area contributed by atoms with Crippen molar-refractivity contribution in [2.45, 2.75) is 26.0 Å². The van der Waals surface area contributed by atoms with Gasteiger partial charge in [-0.3, -0.25) is 0 Å². The molecule has 126 valence electrons. The molecule has 1 aromatic carbocycles. The van der Waals surface area contributed by atoms with Gasteiger partial charge in [-0.05, 0) is 31.0 Å². The number of guanidine groups is 1. The minimum absolute atomic E-state index is 0.275.